The van der Waals surface area contributed by atoms with Gasteiger partial charge in [0.05, 0.1) is 12.8 Å². The van der Waals surface area contributed by atoms with Gasteiger partial charge in [0.2, 0.25) is 0 Å². The van der Waals surface area contributed by atoms with E-state index in [1.165, 1.54) is 0 Å². The highest BCUT2D eigenvalue weighted by Gasteiger charge is 2.18. The molecule has 0 atom stereocenters. The van der Waals surface area contributed by atoms with Gasteiger partial charge in [-0.2, -0.15) is 16.9 Å². The van der Waals surface area contributed by atoms with E-state index in [0.717, 1.165) is 47.1 Å². The van der Waals surface area contributed by atoms with Gasteiger partial charge < -0.3 is 15.2 Å². The molecule has 1 aromatic heterocycles. The number of methoxy groups -OCH3 is 1. The predicted octanol–water partition coefficient (Wildman–Crippen LogP) is 2.95. The molecular formula is C16H21N3O2S. The molecule has 1 aliphatic rings. The lowest BCUT2D eigenvalue weighted by atomic mass is 10.1. The molecule has 0 amide bonds. The number of thioether (sulfide) groups is 1. The van der Waals surface area contributed by atoms with Gasteiger partial charge in [-0.05, 0) is 42.5 Å². The monoisotopic (exact) mass is 319 g/mol. The molecule has 2 heterocycles. The second-order valence-corrected chi connectivity index (χ2v) is 6.60. The average Bonchev–Trinajstić information content (AvgIpc) is 2.88. The van der Waals surface area contributed by atoms with Gasteiger partial charge >= 0.3 is 0 Å². The first-order valence-electron chi connectivity index (χ1n) is 7.39. The largest absolute Gasteiger partial charge is 0.493 e. The number of nitrogens with two attached hydrogens (primary N) is 1. The maximum atomic E-state index is 6.11. The molecule has 1 aliphatic heterocycles. The van der Waals surface area contributed by atoms with E-state index in [-0.39, 0.29) is 6.10 Å². The topological polar surface area (TPSA) is 62.3 Å². The maximum absolute atomic E-state index is 6.11. The number of hydrogen-bond acceptors (Lipinski definition) is 5. The van der Waals surface area contributed by atoms with Crippen molar-refractivity contribution in [1.29, 1.82) is 0 Å². The Balaban J connectivity index is 1.83. The Morgan fingerprint density at radius 1 is 1.23 bits per heavy atom. The van der Waals surface area contributed by atoms with E-state index in [4.69, 9.17) is 15.2 Å². The minimum absolute atomic E-state index is 0.284. The van der Waals surface area contributed by atoms with E-state index < -0.39 is 0 Å². The summed E-state index contributed by atoms with van der Waals surface area (Å²) in [6, 6.07) is 7.76. The molecule has 6 heteroatoms. The molecule has 22 heavy (non-hydrogen) atoms. The van der Waals surface area contributed by atoms with Crippen LogP contribution in [0.2, 0.25) is 0 Å². The number of aromatic nitrogens is 2. The third-order valence-corrected chi connectivity index (χ3v) is 4.89. The number of nitrogen functional groups attached to an aromatic ring is 1. The molecule has 2 aromatic rings. The fourth-order valence-corrected chi connectivity index (χ4v) is 3.58. The number of nitrogens with zero attached hydrogens (tertiary/aromatic N) is 2. The molecule has 0 bridgehead atoms. The molecule has 2 N–H and O–H groups in total. The Hall–Kier alpha value is -1.82. The first-order valence-corrected chi connectivity index (χ1v) is 8.55. The van der Waals surface area contributed by atoms with Gasteiger partial charge in [0.15, 0.2) is 11.5 Å². The zero-order chi connectivity index (χ0) is 15.5. The molecule has 0 saturated carbocycles. The third-order valence-electron chi connectivity index (χ3n) is 3.84. The highest BCUT2D eigenvalue weighted by molar-refractivity contribution is 7.99. The van der Waals surface area contributed by atoms with E-state index in [1.54, 1.807) is 11.8 Å². The quantitative estimate of drug-likeness (QED) is 0.939. The first-order chi connectivity index (χ1) is 10.7. The number of hydrogen-bond donors (Lipinski definition) is 1. The summed E-state index contributed by atoms with van der Waals surface area (Å²) >= 11 is 1.99. The Kier molecular flexibility index (Phi) is 4.47. The third kappa shape index (κ3) is 3.16. The lowest BCUT2D eigenvalue weighted by molar-refractivity contribution is 0.184. The van der Waals surface area contributed by atoms with Crippen LogP contribution in [-0.4, -0.2) is 34.5 Å². The summed E-state index contributed by atoms with van der Waals surface area (Å²) in [7, 11) is 3.49. The molecule has 0 radical (unpaired) electrons. The van der Waals surface area contributed by atoms with Crippen molar-refractivity contribution in [3.05, 3.63) is 24.3 Å². The van der Waals surface area contributed by atoms with Crippen LogP contribution in [0.4, 0.5) is 5.82 Å². The van der Waals surface area contributed by atoms with Crippen LogP contribution in [0.5, 0.6) is 11.5 Å². The first kappa shape index (κ1) is 15.1. The van der Waals surface area contributed by atoms with Gasteiger partial charge in [-0.3, -0.25) is 4.68 Å². The van der Waals surface area contributed by atoms with E-state index >= 15 is 0 Å². The highest BCUT2D eigenvalue weighted by atomic mass is 32.2. The van der Waals surface area contributed by atoms with Crippen LogP contribution in [0.1, 0.15) is 12.8 Å². The van der Waals surface area contributed by atoms with Crippen LogP contribution >= 0.6 is 11.8 Å². The molecular weight excluding hydrogens is 298 g/mol. The molecule has 3 rings (SSSR count). The van der Waals surface area contributed by atoms with Crippen LogP contribution in [0.15, 0.2) is 24.3 Å². The van der Waals surface area contributed by atoms with Crippen molar-refractivity contribution in [2.45, 2.75) is 18.9 Å². The van der Waals surface area contributed by atoms with E-state index in [2.05, 4.69) is 5.10 Å². The Bertz CT molecular complexity index is 631. The van der Waals surface area contributed by atoms with Gasteiger partial charge in [-0.1, -0.05) is 0 Å². The smallest absolute Gasteiger partial charge is 0.161 e. The minimum atomic E-state index is 0.284. The van der Waals surface area contributed by atoms with Crippen molar-refractivity contribution in [2.24, 2.45) is 7.05 Å². The summed E-state index contributed by atoms with van der Waals surface area (Å²) in [5.41, 5.74) is 7.65. The van der Waals surface area contributed by atoms with E-state index in [0.29, 0.717) is 5.82 Å². The van der Waals surface area contributed by atoms with Gasteiger partial charge in [0, 0.05) is 18.7 Å². The number of anilines is 1. The lowest BCUT2D eigenvalue weighted by Crippen LogP contribution is -2.22. The van der Waals surface area contributed by atoms with Crippen molar-refractivity contribution >= 4 is 17.6 Å². The van der Waals surface area contributed by atoms with E-state index in [9.17, 15) is 0 Å². The molecule has 1 saturated heterocycles. The molecule has 0 aliphatic carbocycles. The minimum Gasteiger partial charge on any atom is -0.493 e. The zero-order valence-electron chi connectivity index (χ0n) is 12.9. The van der Waals surface area contributed by atoms with Crippen molar-refractivity contribution in [3.8, 4) is 22.8 Å². The fourth-order valence-electron chi connectivity index (χ4n) is 2.52. The zero-order valence-corrected chi connectivity index (χ0v) is 13.7. The van der Waals surface area contributed by atoms with Crippen molar-refractivity contribution in [3.63, 3.8) is 0 Å². The molecule has 0 spiro atoms. The number of rotatable bonds is 4. The molecule has 5 nitrogen and oxygen atoms in total. The summed E-state index contributed by atoms with van der Waals surface area (Å²) in [4.78, 5) is 0. The second-order valence-electron chi connectivity index (χ2n) is 5.37. The van der Waals surface area contributed by atoms with Crippen LogP contribution in [0, 0.1) is 0 Å². The predicted molar refractivity (Wildman–Crippen MR) is 90.6 cm³/mol. The standard InChI is InChI=1S/C16H21N3O2S/c1-19-16(17)10-13(18-19)11-3-4-14(15(9-11)20-2)21-12-5-7-22-8-6-12/h3-4,9-10,12H,5-8,17H2,1-2H3. The summed E-state index contributed by atoms with van der Waals surface area (Å²) in [6.45, 7) is 0. The molecule has 1 aromatic carbocycles. The molecule has 1 fully saturated rings. The lowest BCUT2D eigenvalue weighted by Gasteiger charge is -2.23. The molecule has 118 valence electrons. The number of ether oxygens (including phenoxy) is 2. The average molecular weight is 319 g/mol. The molecule has 0 unspecified atom stereocenters. The van der Waals surface area contributed by atoms with Gasteiger partial charge in [-0.25, -0.2) is 0 Å². The van der Waals surface area contributed by atoms with Crippen LogP contribution in [0.25, 0.3) is 11.3 Å². The van der Waals surface area contributed by atoms with Gasteiger partial charge in [0.1, 0.15) is 11.9 Å². The van der Waals surface area contributed by atoms with Crippen molar-refractivity contribution in [2.75, 3.05) is 24.3 Å². The number of aryl methyl sites for hydroxylation is 1. The summed E-state index contributed by atoms with van der Waals surface area (Å²) < 4.78 is 13.3. The SMILES string of the molecule is COc1cc(-c2cc(N)n(C)n2)ccc1OC1CCSCC1. The van der Waals surface area contributed by atoms with Crippen LogP contribution < -0.4 is 15.2 Å². The van der Waals surface area contributed by atoms with Crippen molar-refractivity contribution < 1.29 is 9.47 Å². The van der Waals surface area contributed by atoms with E-state index in [1.807, 2.05) is 43.1 Å². The number of benzene rings is 1. The maximum Gasteiger partial charge on any atom is 0.161 e. The normalized spacial score (nSPS) is 15.7. The highest BCUT2D eigenvalue weighted by Crippen LogP contribution is 2.34. The summed E-state index contributed by atoms with van der Waals surface area (Å²) in [5.74, 6) is 4.50. The van der Waals surface area contributed by atoms with Crippen molar-refractivity contribution in [1.82, 2.24) is 9.78 Å². The summed E-state index contributed by atoms with van der Waals surface area (Å²) in [6.07, 6.45) is 2.46. The fraction of sp³-hybridized carbons (Fsp3) is 0.438. The van der Waals surface area contributed by atoms with Crippen LogP contribution in [-0.2, 0) is 7.05 Å². The van der Waals surface area contributed by atoms with Crippen LogP contribution in [0.3, 0.4) is 0 Å². The Labute approximate surface area is 134 Å². The van der Waals surface area contributed by atoms with Gasteiger partial charge in [-0.15, -0.1) is 0 Å². The second kappa shape index (κ2) is 6.52. The summed E-state index contributed by atoms with van der Waals surface area (Å²) in [5, 5.41) is 4.39. The Morgan fingerprint density at radius 2 is 2.00 bits per heavy atom. The Morgan fingerprint density at radius 3 is 2.64 bits per heavy atom. The van der Waals surface area contributed by atoms with Gasteiger partial charge in [0.25, 0.3) is 0 Å².